The molecule has 2 heteroatoms. The molecule has 0 saturated carbocycles. The average molecular weight is 320 g/mol. The molecular weight excluding hydrogens is 296 g/mol. The minimum Gasteiger partial charge on any atom is -0.290 e. The van der Waals surface area contributed by atoms with Crippen molar-refractivity contribution in [2.24, 2.45) is 5.92 Å². The van der Waals surface area contributed by atoms with Crippen LogP contribution >= 0.6 is 0 Å². The van der Waals surface area contributed by atoms with Gasteiger partial charge in [-0.2, -0.15) is 0 Å². The minimum atomic E-state index is -0.118. The summed E-state index contributed by atoms with van der Waals surface area (Å²) in [5, 5.41) is 0. The van der Waals surface area contributed by atoms with Crippen molar-refractivity contribution in [2.45, 2.75) is 34.1 Å². The van der Waals surface area contributed by atoms with Crippen LogP contribution in [0.3, 0.4) is 0 Å². The van der Waals surface area contributed by atoms with Crippen molar-refractivity contribution >= 4 is 17.6 Å². The third kappa shape index (κ3) is 5.02. The Morgan fingerprint density at radius 2 is 1.62 bits per heavy atom. The summed E-state index contributed by atoms with van der Waals surface area (Å²) in [5.41, 5.74) is 4.55. The van der Waals surface area contributed by atoms with Crippen molar-refractivity contribution in [2.75, 3.05) is 0 Å². The highest BCUT2D eigenvalue weighted by molar-refractivity contribution is 6.21. The van der Waals surface area contributed by atoms with Crippen LogP contribution in [0.1, 0.15) is 37.0 Å². The summed E-state index contributed by atoms with van der Waals surface area (Å²) in [7, 11) is 0. The van der Waals surface area contributed by atoms with Gasteiger partial charge in [-0.3, -0.25) is 9.59 Å². The first-order valence-corrected chi connectivity index (χ1v) is 8.29. The fourth-order valence-corrected chi connectivity index (χ4v) is 2.68. The van der Waals surface area contributed by atoms with Gasteiger partial charge in [0, 0.05) is 11.1 Å². The second-order valence-corrected chi connectivity index (χ2v) is 6.63. The van der Waals surface area contributed by atoms with E-state index in [1.807, 2.05) is 32.1 Å². The number of rotatable bonds is 5. The van der Waals surface area contributed by atoms with Crippen LogP contribution in [0.15, 0.2) is 59.7 Å². The zero-order valence-corrected chi connectivity index (χ0v) is 14.8. The van der Waals surface area contributed by atoms with Gasteiger partial charge >= 0.3 is 0 Å². The molecule has 0 N–H and O–H groups in total. The highest BCUT2D eigenvalue weighted by atomic mass is 16.1. The van der Waals surface area contributed by atoms with Gasteiger partial charge in [-0.1, -0.05) is 67.5 Å². The quantitative estimate of drug-likeness (QED) is 0.721. The molecule has 0 aromatic heterocycles. The number of Topliss-reactive ketones (excluding diaryl/α,β-unsaturated/α-hetero) is 1. The van der Waals surface area contributed by atoms with Crippen molar-refractivity contribution in [3.8, 4) is 0 Å². The molecule has 0 atom stereocenters. The molecule has 24 heavy (non-hydrogen) atoms. The normalized spacial score (nSPS) is 15.5. The van der Waals surface area contributed by atoms with Gasteiger partial charge in [0.15, 0.2) is 11.6 Å². The molecule has 0 unspecified atom stereocenters. The smallest absolute Gasteiger partial charge is 0.189 e. The van der Waals surface area contributed by atoms with Crippen molar-refractivity contribution in [3.63, 3.8) is 0 Å². The summed E-state index contributed by atoms with van der Waals surface area (Å²) in [6.07, 6.45) is 11.0. The Hall–Kier alpha value is -2.48. The summed E-state index contributed by atoms with van der Waals surface area (Å²) in [5.74, 6) is 0.164. The predicted octanol–water partition coefficient (Wildman–Crippen LogP) is 4.92. The lowest BCUT2D eigenvalue weighted by Gasteiger charge is -2.10. The van der Waals surface area contributed by atoms with Gasteiger partial charge in [0.1, 0.15) is 0 Å². The summed E-state index contributed by atoms with van der Waals surface area (Å²) in [4.78, 5) is 24.3. The van der Waals surface area contributed by atoms with Crippen LogP contribution in [-0.2, 0) is 9.59 Å². The number of hydrogen-bond donors (Lipinski definition) is 0. The number of aryl methyl sites for hydroxylation is 2. The topological polar surface area (TPSA) is 34.1 Å². The largest absolute Gasteiger partial charge is 0.290 e. The van der Waals surface area contributed by atoms with Crippen LogP contribution in [0.2, 0.25) is 0 Å². The van der Waals surface area contributed by atoms with Crippen LogP contribution in [0, 0.1) is 19.8 Å². The fraction of sp³-hybridized carbons (Fsp3) is 0.273. The second kappa shape index (κ2) is 7.87. The van der Waals surface area contributed by atoms with Crippen LogP contribution in [0.25, 0.3) is 6.08 Å². The van der Waals surface area contributed by atoms with E-state index in [0.717, 1.165) is 5.56 Å². The Bertz CT molecular complexity index is 751. The third-order valence-corrected chi connectivity index (χ3v) is 3.72. The minimum absolute atomic E-state index is 0.0587. The molecule has 124 valence electrons. The van der Waals surface area contributed by atoms with E-state index in [1.54, 1.807) is 6.08 Å². The molecule has 0 spiro atoms. The molecule has 0 heterocycles. The summed E-state index contributed by atoms with van der Waals surface area (Å²) in [6.45, 7) is 8.20. The van der Waals surface area contributed by atoms with Gasteiger partial charge < -0.3 is 0 Å². The summed E-state index contributed by atoms with van der Waals surface area (Å²) < 4.78 is 0. The first-order valence-electron chi connectivity index (χ1n) is 8.29. The SMILES string of the molecule is Cc1cc(C)cc(C=CCC2=CC(=O)C=C(/C=C/C(C)C)C2=O)c1. The van der Waals surface area contributed by atoms with Gasteiger partial charge in [-0.05, 0) is 43.9 Å². The van der Waals surface area contributed by atoms with Crippen LogP contribution in [0.5, 0.6) is 0 Å². The first kappa shape index (κ1) is 17.9. The molecule has 0 bridgehead atoms. The molecule has 0 fully saturated rings. The third-order valence-electron chi connectivity index (χ3n) is 3.72. The van der Waals surface area contributed by atoms with Gasteiger partial charge in [0.05, 0.1) is 0 Å². The molecule has 2 nitrogen and oxygen atoms in total. The highest BCUT2D eigenvalue weighted by Gasteiger charge is 2.18. The summed E-state index contributed by atoms with van der Waals surface area (Å²) >= 11 is 0. The Balaban J connectivity index is 2.10. The van der Waals surface area contributed by atoms with Gasteiger partial charge in [-0.15, -0.1) is 0 Å². The van der Waals surface area contributed by atoms with Crippen molar-refractivity contribution in [1.82, 2.24) is 0 Å². The van der Waals surface area contributed by atoms with Gasteiger partial charge in [-0.25, -0.2) is 0 Å². The number of allylic oxidation sites excluding steroid dienone is 7. The van der Waals surface area contributed by atoms with E-state index in [9.17, 15) is 9.59 Å². The predicted molar refractivity (Wildman–Crippen MR) is 99.7 cm³/mol. The molecule has 1 aliphatic rings. The van der Waals surface area contributed by atoms with Crippen LogP contribution in [-0.4, -0.2) is 11.6 Å². The Kier molecular flexibility index (Phi) is 5.86. The monoisotopic (exact) mass is 320 g/mol. The lowest BCUT2D eigenvalue weighted by Crippen LogP contribution is -2.12. The molecule has 0 radical (unpaired) electrons. The maximum Gasteiger partial charge on any atom is 0.189 e. The lowest BCUT2D eigenvalue weighted by atomic mass is 9.92. The van der Waals surface area contributed by atoms with Gasteiger partial charge in [0.2, 0.25) is 0 Å². The number of hydrogen-bond acceptors (Lipinski definition) is 2. The molecule has 2 rings (SSSR count). The molecule has 1 aromatic carbocycles. The van der Waals surface area contributed by atoms with Crippen molar-refractivity contribution in [3.05, 3.63) is 76.4 Å². The van der Waals surface area contributed by atoms with Crippen LogP contribution in [0.4, 0.5) is 0 Å². The average Bonchev–Trinajstić information content (AvgIpc) is 2.47. The molecular formula is C22H24O2. The molecule has 1 aliphatic carbocycles. The van der Waals surface area contributed by atoms with E-state index in [-0.39, 0.29) is 11.6 Å². The van der Waals surface area contributed by atoms with E-state index >= 15 is 0 Å². The van der Waals surface area contributed by atoms with Crippen molar-refractivity contribution < 1.29 is 9.59 Å². The van der Waals surface area contributed by atoms with E-state index in [2.05, 4.69) is 32.0 Å². The first-order chi connectivity index (χ1) is 11.3. The Labute approximate surface area is 144 Å². The Morgan fingerprint density at radius 1 is 0.958 bits per heavy atom. The zero-order valence-electron chi connectivity index (χ0n) is 14.8. The van der Waals surface area contributed by atoms with E-state index in [1.165, 1.54) is 23.3 Å². The Morgan fingerprint density at radius 3 is 2.25 bits per heavy atom. The number of carbonyl (C=O) groups is 2. The highest BCUT2D eigenvalue weighted by Crippen LogP contribution is 2.19. The molecule has 1 aromatic rings. The van der Waals surface area contributed by atoms with E-state index in [4.69, 9.17) is 0 Å². The summed E-state index contributed by atoms with van der Waals surface area (Å²) in [6, 6.07) is 6.33. The zero-order chi connectivity index (χ0) is 17.7. The molecule has 0 saturated heterocycles. The van der Waals surface area contributed by atoms with E-state index in [0.29, 0.717) is 23.5 Å². The van der Waals surface area contributed by atoms with Gasteiger partial charge in [0.25, 0.3) is 0 Å². The maximum absolute atomic E-state index is 12.5. The molecule has 0 aliphatic heterocycles. The molecule has 0 amide bonds. The maximum atomic E-state index is 12.5. The number of ketones is 2. The standard InChI is InChI=1S/C22H24O2/c1-15(2)8-9-20-14-21(23)13-19(22(20)24)7-5-6-18-11-16(3)10-17(4)12-18/h5-6,8-15H,7H2,1-4H3/b6-5?,9-8+. The number of carbonyl (C=O) groups excluding carboxylic acids is 2. The van der Waals surface area contributed by atoms with Crippen LogP contribution < -0.4 is 0 Å². The number of benzene rings is 1. The van der Waals surface area contributed by atoms with Crippen molar-refractivity contribution in [1.29, 1.82) is 0 Å². The second-order valence-electron chi connectivity index (χ2n) is 6.63. The van der Waals surface area contributed by atoms with E-state index < -0.39 is 0 Å². The lowest BCUT2D eigenvalue weighted by molar-refractivity contribution is -0.115. The fourth-order valence-electron chi connectivity index (χ4n) is 2.68.